The second-order valence-corrected chi connectivity index (χ2v) is 8.92. The Kier molecular flexibility index (Phi) is 3.62. The van der Waals surface area contributed by atoms with Crippen LogP contribution >= 0.6 is 0 Å². The smallest absolute Gasteiger partial charge is 0.234 e. The van der Waals surface area contributed by atoms with E-state index in [2.05, 4.69) is 67.6 Å². The summed E-state index contributed by atoms with van der Waals surface area (Å²) in [6.45, 7) is 2.62. The van der Waals surface area contributed by atoms with Crippen molar-refractivity contribution in [1.82, 2.24) is 4.90 Å². The minimum Gasteiger partial charge on any atom is -0.282 e. The van der Waals surface area contributed by atoms with Gasteiger partial charge in [0.05, 0.1) is 11.8 Å². The molecule has 0 aromatic heterocycles. The van der Waals surface area contributed by atoms with E-state index in [1.54, 1.807) is 4.90 Å². The van der Waals surface area contributed by atoms with Crippen LogP contribution in [0.4, 0.5) is 0 Å². The first kappa shape index (κ1) is 17.6. The number of carbonyl (C=O) groups excluding carboxylic acids is 2. The highest BCUT2D eigenvalue weighted by Gasteiger charge is 2.66. The average Bonchev–Trinajstić information content (AvgIpc) is 3.05. The van der Waals surface area contributed by atoms with E-state index in [1.165, 1.54) is 22.3 Å². The molecule has 0 radical (unpaired) electrons. The number of imide groups is 1. The molecule has 30 heavy (non-hydrogen) atoms. The first-order chi connectivity index (χ1) is 14.6. The van der Waals surface area contributed by atoms with Gasteiger partial charge >= 0.3 is 0 Å². The normalized spacial score (nSPS) is 28.3. The highest BCUT2D eigenvalue weighted by Crippen LogP contribution is 2.63. The van der Waals surface area contributed by atoms with Crippen molar-refractivity contribution >= 4 is 11.8 Å². The first-order valence-electron chi connectivity index (χ1n) is 10.7. The molecule has 1 aliphatic heterocycles. The van der Waals surface area contributed by atoms with Crippen molar-refractivity contribution in [3.05, 3.63) is 107 Å². The molecule has 3 aliphatic carbocycles. The van der Waals surface area contributed by atoms with Crippen molar-refractivity contribution in [3.63, 3.8) is 0 Å². The van der Waals surface area contributed by atoms with Crippen LogP contribution in [-0.2, 0) is 21.4 Å². The Morgan fingerprint density at radius 1 is 0.767 bits per heavy atom. The second kappa shape index (κ2) is 6.15. The van der Waals surface area contributed by atoms with Gasteiger partial charge in [-0.15, -0.1) is 0 Å². The van der Waals surface area contributed by atoms with Crippen LogP contribution in [0.1, 0.15) is 40.7 Å². The van der Waals surface area contributed by atoms with Crippen LogP contribution in [0.15, 0.2) is 78.9 Å². The standard InChI is InChI=1S/C27H23NO2/c1-27-20-13-7-5-11-18(20)22(19-12-6-8-14-21(19)27)23-24(27)26(30)28(25(23)29)16-15-17-9-3-2-4-10-17/h2-14,22-24H,15-16H2,1H3/t22?,23-,24+,27?/m0/s1. The van der Waals surface area contributed by atoms with Gasteiger partial charge in [-0.05, 0) is 34.2 Å². The fraction of sp³-hybridized carbons (Fsp3) is 0.259. The second-order valence-electron chi connectivity index (χ2n) is 8.92. The van der Waals surface area contributed by atoms with Gasteiger partial charge < -0.3 is 0 Å². The maximum Gasteiger partial charge on any atom is 0.234 e. The highest BCUT2D eigenvalue weighted by molar-refractivity contribution is 6.08. The summed E-state index contributed by atoms with van der Waals surface area (Å²) >= 11 is 0. The van der Waals surface area contributed by atoms with E-state index in [0.717, 1.165) is 5.56 Å². The van der Waals surface area contributed by atoms with E-state index in [-0.39, 0.29) is 29.6 Å². The quantitative estimate of drug-likeness (QED) is 0.623. The molecular weight excluding hydrogens is 370 g/mol. The topological polar surface area (TPSA) is 37.4 Å². The molecule has 2 atom stereocenters. The fourth-order valence-corrected chi connectivity index (χ4v) is 6.32. The van der Waals surface area contributed by atoms with Gasteiger partial charge in [-0.2, -0.15) is 0 Å². The van der Waals surface area contributed by atoms with Crippen LogP contribution < -0.4 is 0 Å². The molecule has 1 fully saturated rings. The Morgan fingerprint density at radius 2 is 1.33 bits per heavy atom. The molecule has 2 bridgehead atoms. The number of nitrogens with zero attached hydrogens (tertiary/aromatic N) is 1. The third kappa shape index (κ3) is 2.10. The van der Waals surface area contributed by atoms with Crippen LogP contribution in [0.25, 0.3) is 0 Å². The monoisotopic (exact) mass is 393 g/mol. The number of amides is 2. The Hall–Kier alpha value is -3.20. The van der Waals surface area contributed by atoms with Gasteiger partial charge in [0, 0.05) is 17.9 Å². The Labute approximate surface area is 176 Å². The molecule has 0 N–H and O–H groups in total. The first-order valence-corrected chi connectivity index (χ1v) is 10.7. The van der Waals surface area contributed by atoms with E-state index < -0.39 is 5.41 Å². The SMILES string of the molecule is CC12c3ccccc3C(c3ccccc31)[C@@H]1C(=O)N(CCc3ccccc3)C(=O)[C@@H]12. The summed E-state index contributed by atoms with van der Waals surface area (Å²) in [6, 6.07) is 26.9. The molecule has 4 aliphatic rings. The van der Waals surface area contributed by atoms with E-state index in [9.17, 15) is 9.59 Å². The average molecular weight is 393 g/mol. The number of hydrogen-bond acceptors (Lipinski definition) is 2. The van der Waals surface area contributed by atoms with Gasteiger partial charge in [-0.25, -0.2) is 0 Å². The van der Waals surface area contributed by atoms with Crippen LogP contribution in [0.3, 0.4) is 0 Å². The minimum atomic E-state index is -0.471. The summed E-state index contributed by atoms with van der Waals surface area (Å²) in [5, 5.41) is 0. The van der Waals surface area contributed by atoms with Crippen molar-refractivity contribution in [1.29, 1.82) is 0 Å². The van der Waals surface area contributed by atoms with Crippen molar-refractivity contribution in [2.45, 2.75) is 24.7 Å². The summed E-state index contributed by atoms with van der Waals surface area (Å²) in [4.78, 5) is 28.9. The molecule has 3 aromatic rings. The molecule has 3 heteroatoms. The summed E-state index contributed by atoms with van der Waals surface area (Å²) in [5.41, 5.74) is 5.52. The molecule has 1 heterocycles. The molecule has 0 unspecified atom stereocenters. The van der Waals surface area contributed by atoms with Crippen molar-refractivity contribution < 1.29 is 9.59 Å². The maximum absolute atomic E-state index is 13.7. The molecule has 1 saturated heterocycles. The molecule has 7 rings (SSSR count). The third-order valence-corrected chi connectivity index (χ3v) is 7.60. The molecular formula is C27H23NO2. The largest absolute Gasteiger partial charge is 0.282 e. The Morgan fingerprint density at radius 3 is 1.97 bits per heavy atom. The lowest BCUT2D eigenvalue weighted by Gasteiger charge is -2.52. The van der Waals surface area contributed by atoms with Gasteiger partial charge in [-0.1, -0.05) is 85.8 Å². The Bertz CT molecular complexity index is 1130. The lowest BCUT2D eigenvalue weighted by molar-refractivity contribution is -0.140. The predicted molar refractivity (Wildman–Crippen MR) is 115 cm³/mol. The summed E-state index contributed by atoms with van der Waals surface area (Å²) in [7, 11) is 0. The Balaban J connectivity index is 1.46. The molecule has 0 saturated carbocycles. The zero-order valence-electron chi connectivity index (χ0n) is 16.9. The van der Waals surface area contributed by atoms with Crippen molar-refractivity contribution in [3.8, 4) is 0 Å². The van der Waals surface area contributed by atoms with Crippen LogP contribution in [0, 0.1) is 11.8 Å². The lowest BCUT2D eigenvalue weighted by atomic mass is 9.48. The maximum atomic E-state index is 13.7. The van der Waals surface area contributed by atoms with Gasteiger partial charge in [0.15, 0.2) is 0 Å². The van der Waals surface area contributed by atoms with Gasteiger partial charge in [-0.3, -0.25) is 14.5 Å². The number of carbonyl (C=O) groups is 2. The summed E-state index contributed by atoms with van der Waals surface area (Å²) in [5.74, 6) is -0.667. The molecule has 2 amide bonds. The minimum absolute atomic E-state index is 0.00108. The van der Waals surface area contributed by atoms with E-state index in [4.69, 9.17) is 0 Å². The lowest BCUT2D eigenvalue weighted by Crippen LogP contribution is -2.51. The number of benzene rings is 3. The van der Waals surface area contributed by atoms with E-state index in [0.29, 0.717) is 13.0 Å². The predicted octanol–water partition coefficient (Wildman–Crippen LogP) is 4.30. The van der Waals surface area contributed by atoms with Gasteiger partial charge in [0.2, 0.25) is 11.8 Å². The van der Waals surface area contributed by atoms with E-state index in [1.807, 2.05) is 18.2 Å². The molecule has 3 nitrogen and oxygen atoms in total. The van der Waals surface area contributed by atoms with E-state index >= 15 is 0 Å². The number of rotatable bonds is 3. The molecule has 3 aromatic carbocycles. The van der Waals surface area contributed by atoms with Crippen LogP contribution in [-0.4, -0.2) is 23.3 Å². The third-order valence-electron chi connectivity index (χ3n) is 7.60. The van der Waals surface area contributed by atoms with Crippen molar-refractivity contribution in [2.75, 3.05) is 6.54 Å². The van der Waals surface area contributed by atoms with Crippen molar-refractivity contribution in [2.24, 2.45) is 11.8 Å². The zero-order chi connectivity index (χ0) is 20.5. The zero-order valence-corrected chi connectivity index (χ0v) is 16.9. The summed E-state index contributed by atoms with van der Waals surface area (Å²) in [6.07, 6.45) is 0.693. The molecule has 0 spiro atoms. The van der Waals surface area contributed by atoms with Crippen LogP contribution in [0.5, 0.6) is 0 Å². The van der Waals surface area contributed by atoms with Crippen LogP contribution in [0.2, 0.25) is 0 Å². The molecule has 148 valence electrons. The van der Waals surface area contributed by atoms with Gasteiger partial charge in [0.1, 0.15) is 0 Å². The highest BCUT2D eigenvalue weighted by atomic mass is 16.2. The number of likely N-dealkylation sites (tertiary alicyclic amines) is 1. The number of hydrogen-bond donors (Lipinski definition) is 0. The summed E-state index contributed by atoms with van der Waals surface area (Å²) < 4.78 is 0. The fourth-order valence-electron chi connectivity index (χ4n) is 6.32. The van der Waals surface area contributed by atoms with Gasteiger partial charge in [0.25, 0.3) is 0 Å².